The summed E-state index contributed by atoms with van der Waals surface area (Å²) in [5.41, 5.74) is -0.319. The van der Waals surface area contributed by atoms with Gasteiger partial charge in [-0.1, -0.05) is 19.1 Å². The van der Waals surface area contributed by atoms with E-state index in [0.29, 0.717) is 17.0 Å². The number of rotatable bonds is 4. The molecule has 0 aliphatic carbocycles. The predicted molar refractivity (Wildman–Crippen MR) is 89.2 cm³/mol. The number of alkyl halides is 3. The Bertz CT molecular complexity index is 957. The topological polar surface area (TPSA) is 52.3 Å². The highest BCUT2D eigenvalue weighted by atomic mass is 31.2. The number of aromatic nitrogens is 1. The molecule has 132 valence electrons. The van der Waals surface area contributed by atoms with Crippen molar-refractivity contribution in [2.75, 3.05) is 13.3 Å². The largest absolute Gasteiger partial charge is 0.436 e. The first kappa shape index (κ1) is 17.7. The van der Waals surface area contributed by atoms with Crippen molar-refractivity contribution in [3.8, 4) is 11.5 Å². The first-order chi connectivity index (χ1) is 11.8. The van der Waals surface area contributed by atoms with Gasteiger partial charge in [-0.05, 0) is 30.3 Å². The van der Waals surface area contributed by atoms with Crippen LogP contribution in [0.3, 0.4) is 0 Å². The summed E-state index contributed by atoms with van der Waals surface area (Å²) in [6, 6.07) is 9.75. The van der Waals surface area contributed by atoms with Gasteiger partial charge in [0.25, 0.3) is 0 Å². The van der Waals surface area contributed by atoms with Crippen molar-refractivity contribution < 1.29 is 26.7 Å². The van der Waals surface area contributed by atoms with Gasteiger partial charge in [-0.25, -0.2) is 4.98 Å². The molecule has 0 aliphatic heterocycles. The molecule has 0 radical (unpaired) electrons. The maximum atomic E-state index is 13.2. The minimum atomic E-state index is -4.52. The molecule has 2 aromatic carbocycles. The Morgan fingerprint density at radius 1 is 1.20 bits per heavy atom. The number of hydrogen-bond donors (Lipinski definition) is 0. The third-order valence-corrected chi connectivity index (χ3v) is 6.43. The van der Waals surface area contributed by atoms with Gasteiger partial charge in [0.05, 0.1) is 5.56 Å². The first-order valence-electron chi connectivity index (χ1n) is 7.51. The van der Waals surface area contributed by atoms with E-state index in [-0.39, 0.29) is 17.0 Å². The van der Waals surface area contributed by atoms with E-state index in [1.807, 2.05) is 0 Å². The lowest BCUT2D eigenvalue weighted by atomic mass is 10.1. The maximum Gasteiger partial charge on any atom is 0.417 e. The Hall–Kier alpha value is -2.11. The second-order valence-electron chi connectivity index (χ2n) is 5.39. The molecule has 1 heterocycles. The minimum Gasteiger partial charge on any atom is -0.436 e. The van der Waals surface area contributed by atoms with Crippen LogP contribution in [0.2, 0.25) is 0 Å². The molecule has 0 aliphatic rings. The van der Waals surface area contributed by atoms with Gasteiger partial charge < -0.3 is 8.94 Å². The van der Waals surface area contributed by atoms with Gasteiger partial charge >= 0.3 is 6.18 Å². The zero-order valence-corrected chi connectivity index (χ0v) is 14.4. The van der Waals surface area contributed by atoms with Crippen LogP contribution in [0.15, 0.2) is 46.9 Å². The van der Waals surface area contributed by atoms with Crippen LogP contribution >= 0.6 is 7.37 Å². The Kier molecular flexibility index (Phi) is 4.47. The van der Waals surface area contributed by atoms with Crippen molar-refractivity contribution in [1.29, 1.82) is 0 Å². The average molecular weight is 369 g/mol. The number of oxazole rings is 1. The smallest absolute Gasteiger partial charge is 0.417 e. The fourth-order valence-electron chi connectivity index (χ4n) is 2.57. The highest BCUT2D eigenvalue weighted by Crippen LogP contribution is 2.45. The van der Waals surface area contributed by atoms with E-state index < -0.39 is 19.1 Å². The molecule has 0 saturated carbocycles. The quantitative estimate of drug-likeness (QED) is 0.602. The van der Waals surface area contributed by atoms with Crippen molar-refractivity contribution in [3.63, 3.8) is 0 Å². The van der Waals surface area contributed by atoms with Crippen molar-refractivity contribution in [1.82, 2.24) is 4.98 Å². The van der Waals surface area contributed by atoms with Crippen LogP contribution in [0.4, 0.5) is 13.2 Å². The van der Waals surface area contributed by atoms with E-state index in [1.54, 1.807) is 19.1 Å². The molecule has 25 heavy (non-hydrogen) atoms. The van der Waals surface area contributed by atoms with Crippen LogP contribution in [0.5, 0.6) is 0 Å². The Labute approximate surface area is 142 Å². The summed E-state index contributed by atoms with van der Waals surface area (Å²) in [5.74, 6) is -0.135. The van der Waals surface area contributed by atoms with E-state index in [2.05, 4.69) is 4.98 Å². The summed E-state index contributed by atoms with van der Waals surface area (Å²) in [4.78, 5) is 4.13. The van der Waals surface area contributed by atoms with Gasteiger partial charge in [-0.2, -0.15) is 13.2 Å². The minimum absolute atomic E-state index is 0.135. The Morgan fingerprint density at radius 2 is 1.92 bits per heavy atom. The molecular formula is C17H15F3NO3P. The SMILES string of the molecule is CCP(=O)(OC)c1ccc2nc(-c3ccccc3C(F)(F)F)oc2c1. The molecule has 3 rings (SSSR count). The number of nitrogens with zero attached hydrogens (tertiary/aromatic N) is 1. The second kappa shape index (κ2) is 6.32. The van der Waals surface area contributed by atoms with Crippen LogP contribution in [0, 0.1) is 0 Å². The van der Waals surface area contributed by atoms with Crippen molar-refractivity contribution in [3.05, 3.63) is 48.0 Å². The lowest BCUT2D eigenvalue weighted by Crippen LogP contribution is -2.07. The molecule has 8 heteroatoms. The predicted octanol–water partition coefficient (Wildman–Crippen LogP) is 5.08. The van der Waals surface area contributed by atoms with Gasteiger partial charge in [-0.15, -0.1) is 0 Å². The monoisotopic (exact) mass is 369 g/mol. The number of fused-ring (bicyclic) bond motifs is 1. The zero-order valence-electron chi connectivity index (χ0n) is 13.5. The highest BCUT2D eigenvalue weighted by Gasteiger charge is 2.34. The maximum absolute atomic E-state index is 13.2. The number of hydrogen-bond acceptors (Lipinski definition) is 4. The zero-order chi connectivity index (χ0) is 18.2. The molecule has 4 nitrogen and oxygen atoms in total. The van der Waals surface area contributed by atoms with Gasteiger partial charge in [0.15, 0.2) is 5.58 Å². The Morgan fingerprint density at radius 3 is 2.56 bits per heavy atom. The fraction of sp³-hybridized carbons (Fsp3) is 0.235. The number of halogens is 3. The standard InChI is InChI=1S/C17H15F3NO3P/c1-3-25(22,23-2)11-8-9-14-15(10-11)24-16(21-14)12-6-4-5-7-13(12)17(18,19)20/h4-10H,3H2,1-2H3. The highest BCUT2D eigenvalue weighted by molar-refractivity contribution is 7.66. The van der Waals surface area contributed by atoms with E-state index in [1.165, 1.54) is 31.4 Å². The van der Waals surface area contributed by atoms with Crippen molar-refractivity contribution >= 4 is 23.8 Å². The van der Waals surface area contributed by atoms with Gasteiger partial charge in [0, 0.05) is 24.1 Å². The molecule has 0 N–H and O–H groups in total. The van der Waals surface area contributed by atoms with E-state index >= 15 is 0 Å². The number of benzene rings is 2. The molecule has 0 spiro atoms. The molecule has 1 aromatic heterocycles. The molecule has 3 aromatic rings. The third-order valence-electron chi connectivity index (χ3n) is 3.94. The average Bonchev–Trinajstić information content (AvgIpc) is 3.03. The third kappa shape index (κ3) is 3.22. The molecule has 1 atom stereocenters. The Balaban J connectivity index is 2.14. The van der Waals surface area contributed by atoms with E-state index in [0.717, 1.165) is 6.07 Å². The second-order valence-corrected chi connectivity index (χ2v) is 8.25. The normalized spacial score (nSPS) is 14.6. The lowest BCUT2D eigenvalue weighted by molar-refractivity contribution is -0.137. The van der Waals surface area contributed by atoms with Crippen LogP contribution in [-0.4, -0.2) is 18.3 Å². The van der Waals surface area contributed by atoms with Crippen molar-refractivity contribution in [2.45, 2.75) is 13.1 Å². The first-order valence-corrected chi connectivity index (χ1v) is 9.32. The van der Waals surface area contributed by atoms with E-state index in [9.17, 15) is 17.7 Å². The van der Waals surface area contributed by atoms with Crippen LogP contribution in [0.1, 0.15) is 12.5 Å². The molecule has 0 fully saturated rings. The summed E-state index contributed by atoms with van der Waals surface area (Å²) in [6.07, 6.45) is -4.22. The summed E-state index contributed by atoms with van der Waals surface area (Å²) in [7, 11) is -1.64. The molecule has 0 saturated heterocycles. The summed E-state index contributed by atoms with van der Waals surface area (Å²) >= 11 is 0. The molecule has 0 amide bonds. The van der Waals surface area contributed by atoms with Crippen LogP contribution in [0.25, 0.3) is 22.6 Å². The van der Waals surface area contributed by atoms with Gasteiger partial charge in [-0.3, -0.25) is 4.57 Å². The summed E-state index contributed by atoms with van der Waals surface area (Å²) in [6.45, 7) is 1.74. The van der Waals surface area contributed by atoms with Gasteiger partial charge in [0.1, 0.15) is 5.52 Å². The van der Waals surface area contributed by atoms with Crippen molar-refractivity contribution in [2.24, 2.45) is 0 Å². The molecular weight excluding hydrogens is 354 g/mol. The molecule has 1 unspecified atom stereocenters. The lowest BCUT2D eigenvalue weighted by Gasteiger charge is -2.13. The van der Waals surface area contributed by atoms with Gasteiger partial charge in [0.2, 0.25) is 13.3 Å². The summed E-state index contributed by atoms with van der Waals surface area (Å²) < 4.78 is 62.8. The molecule has 0 bridgehead atoms. The van der Waals surface area contributed by atoms with Crippen LogP contribution < -0.4 is 5.30 Å². The summed E-state index contributed by atoms with van der Waals surface area (Å²) in [5, 5.41) is 0.441. The van der Waals surface area contributed by atoms with E-state index in [4.69, 9.17) is 8.94 Å². The van der Waals surface area contributed by atoms with Crippen LogP contribution in [-0.2, 0) is 15.3 Å². The fourth-order valence-corrected chi connectivity index (χ4v) is 4.02.